The van der Waals surface area contributed by atoms with Gasteiger partial charge in [-0.1, -0.05) is 11.6 Å². The van der Waals surface area contributed by atoms with Crippen molar-refractivity contribution in [3.05, 3.63) is 35.4 Å². The van der Waals surface area contributed by atoms with E-state index in [1.165, 1.54) is 24.5 Å². The molecule has 6 nitrogen and oxygen atoms in total. The minimum absolute atomic E-state index is 0.0783. The molecule has 0 atom stereocenters. The number of ether oxygens (including phenoxy) is 1. The van der Waals surface area contributed by atoms with Crippen molar-refractivity contribution in [3.8, 4) is 5.75 Å². The van der Waals surface area contributed by atoms with E-state index in [2.05, 4.69) is 10.1 Å². The highest BCUT2D eigenvalue weighted by molar-refractivity contribution is 8.13. The molecule has 9 heteroatoms. The fourth-order valence-electron chi connectivity index (χ4n) is 1.60. The van der Waals surface area contributed by atoms with Gasteiger partial charge in [-0.25, -0.2) is 18.1 Å². The summed E-state index contributed by atoms with van der Waals surface area (Å²) in [6, 6.07) is 4.21. The molecular formula is C11H11Cl2N3O3S. The van der Waals surface area contributed by atoms with Crippen LogP contribution in [0.3, 0.4) is 0 Å². The number of hydrogen-bond donors (Lipinski definition) is 0. The average Bonchev–Trinajstić information content (AvgIpc) is 2.83. The highest BCUT2D eigenvalue weighted by Crippen LogP contribution is 2.30. The maximum absolute atomic E-state index is 11.5. The Morgan fingerprint density at radius 1 is 1.40 bits per heavy atom. The minimum atomic E-state index is -3.94. The Morgan fingerprint density at radius 3 is 2.80 bits per heavy atom. The maximum atomic E-state index is 11.5. The number of halogens is 2. The molecule has 0 saturated carbocycles. The zero-order valence-corrected chi connectivity index (χ0v) is 12.8. The van der Waals surface area contributed by atoms with Crippen LogP contribution in [0, 0.1) is 0 Å². The molecule has 0 fully saturated rings. The molecule has 2 rings (SSSR count). The van der Waals surface area contributed by atoms with Crippen LogP contribution in [0.25, 0.3) is 0 Å². The van der Waals surface area contributed by atoms with E-state index in [1.807, 2.05) is 6.92 Å². The van der Waals surface area contributed by atoms with Gasteiger partial charge in [0, 0.05) is 22.2 Å². The fraction of sp³-hybridized carbons (Fsp3) is 0.273. The maximum Gasteiger partial charge on any atom is 0.265 e. The quantitative estimate of drug-likeness (QED) is 0.784. The van der Waals surface area contributed by atoms with Crippen LogP contribution in [0.1, 0.15) is 12.7 Å². The van der Waals surface area contributed by atoms with Crippen LogP contribution in [0.15, 0.2) is 29.4 Å². The third-order valence-corrected chi connectivity index (χ3v) is 4.10. The van der Waals surface area contributed by atoms with E-state index < -0.39 is 9.05 Å². The second-order valence-corrected chi connectivity index (χ2v) is 6.78. The van der Waals surface area contributed by atoms with Gasteiger partial charge < -0.3 is 4.74 Å². The molecule has 0 radical (unpaired) electrons. The minimum Gasteiger partial charge on any atom is -0.484 e. The van der Waals surface area contributed by atoms with Crippen LogP contribution < -0.4 is 4.74 Å². The molecule has 2 aromatic rings. The Morgan fingerprint density at radius 2 is 2.15 bits per heavy atom. The SMILES string of the molecule is CCn1ncnc1COc1ccc(Cl)cc1S(=O)(=O)Cl. The summed E-state index contributed by atoms with van der Waals surface area (Å²) in [6.07, 6.45) is 1.41. The van der Waals surface area contributed by atoms with Gasteiger partial charge in [0.15, 0.2) is 5.82 Å². The van der Waals surface area contributed by atoms with Gasteiger partial charge in [-0.3, -0.25) is 0 Å². The van der Waals surface area contributed by atoms with Crippen LogP contribution in [0.2, 0.25) is 5.02 Å². The number of rotatable bonds is 5. The molecule has 0 spiro atoms. The monoisotopic (exact) mass is 335 g/mol. The first-order chi connectivity index (χ1) is 9.41. The van der Waals surface area contributed by atoms with E-state index in [0.717, 1.165) is 0 Å². The van der Waals surface area contributed by atoms with Crippen LogP contribution in [-0.4, -0.2) is 23.2 Å². The van der Waals surface area contributed by atoms with Crippen molar-refractivity contribution in [1.82, 2.24) is 14.8 Å². The Balaban J connectivity index is 2.26. The van der Waals surface area contributed by atoms with Gasteiger partial charge in [0.2, 0.25) is 0 Å². The number of aryl methyl sites for hydroxylation is 1. The van der Waals surface area contributed by atoms with Crippen molar-refractivity contribution in [2.75, 3.05) is 0 Å². The number of aromatic nitrogens is 3. The summed E-state index contributed by atoms with van der Waals surface area (Å²) in [5.74, 6) is 0.704. The summed E-state index contributed by atoms with van der Waals surface area (Å²) in [6.45, 7) is 2.63. The third-order valence-electron chi connectivity index (χ3n) is 2.52. The van der Waals surface area contributed by atoms with E-state index in [0.29, 0.717) is 12.4 Å². The highest BCUT2D eigenvalue weighted by atomic mass is 35.7. The smallest absolute Gasteiger partial charge is 0.265 e. The molecule has 1 heterocycles. The summed E-state index contributed by atoms with van der Waals surface area (Å²) in [4.78, 5) is 3.86. The van der Waals surface area contributed by atoms with E-state index in [9.17, 15) is 8.42 Å². The summed E-state index contributed by atoms with van der Waals surface area (Å²) in [5, 5.41) is 4.25. The number of nitrogens with zero attached hydrogens (tertiary/aromatic N) is 3. The van der Waals surface area contributed by atoms with Gasteiger partial charge in [-0.05, 0) is 25.1 Å². The molecule has 0 aliphatic rings. The van der Waals surface area contributed by atoms with Gasteiger partial charge >= 0.3 is 0 Å². The fourth-order valence-corrected chi connectivity index (χ4v) is 2.83. The lowest BCUT2D eigenvalue weighted by molar-refractivity contribution is 0.280. The Labute approximate surface area is 125 Å². The summed E-state index contributed by atoms with van der Waals surface area (Å²) in [7, 11) is 1.41. The molecule has 0 amide bonds. The molecule has 1 aromatic heterocycles. The number of hydrogen-bond acceptors (Lipinski definition) is 5. The molecule has 20 heavy (non-hydrogen) atoms. The normalized spacial score (nSPS) is 11.6. The van der Waals surface area contributed by atoms with Gasteiger partial charge in [0.1, 0.15) is 23.6 Å². The molecular weight excluding hydrogens is 325 g/mol. The predicted octanol–water partition coefficient (Wildman–Crippen LogP) is 2.46. The molecule has 0 aliphatic heterocycles. The average molecular weight is 336 g/mol. The van der Waals surface area contributed by atoms with Crippen molar-refractivity contribution >= 4 is 31.3 Å². The van der Waals surface area contributed by atoms with Crippen molar-refractivity contribution in [3.63, 3.8) is 0 Å². The van der Waals surface area contributed by atoms with Crippen molar-refractivity contribution in [2.24, 2.45) is 0 Å². The summed E-state index contributed by atoms with van der Waals surface area (Å²) in [5.41, 5.74) is 0. The molecule has 0 unspecified atom stereocenters. The van der Waals surface area contributed by atoms with Crippen molar-refractivity contribution < 1.29 is 13.2 Å². The van der Waals surface area contributed by atoms with Crippen LogP contribution in [-0.2, 0) is 22.2 Å². The van der Waals surface area contributed by atoms with Gasteiger partial charge in [-0.15, -0.1) is 0 Å². The van der Waals surface area contributed by atoms with E-state index in [4.69, 9.17) is 27.0 Å². The standard InChI is InChI=1S/C11H11Cl2N3O3S/c1-2-16-11(14-7-15-16)6-19-9-4-3-8(12)5-10(9)20(13,17)18/h3-5,7H,2,6H2,1H3. The molecule has 0 saturated heterocycles. The zero-order chi connectivity index (χ0) is 14.8. The predicted molar refractivity (Wildman–Crippen MR) is 74.5 cm³/mol. The van der Waals surface area contributed by atoms with Gasteiger partial charge in [0.05, 0.1) is 0 Å². The van der Waals surface area contributed by atoms with Crippen molar-refractivity contribution in [2.45, 2.75) is 25.0 Å². The largest absolute Gasteiger partial charge is 0.484 e. The lowest BCUT2D eigenvalue weighted by Gasteiger charge is -2.10. The Bertz CT molecular complexity index is 715. The first-order valence-corrected chi connectivity index (χ1v) is 8.34. The zero-order valence-electron chi connectivity index (χ0n) is 10.5. The van der Waals surface area contributed by atoms with Crippen LogP contribution in [0.4, 0.5) is 0 Å². The van der Waals surface area contributed by atoms with E-state index in [1.54, 1.807) is 4.68 Å². The lowest BCUT2D eigenvalue weighted by atomic mass is 10.3. The lowest BCUT2D eigenvalue weighted by Crippen LogP contribution is -2.08. The van der Waals surface area contributed by atoms with Crippen LogP contribution in [0.5, 0.6) is 5.75 Å². The molecule has 0 N–H and O–H groups in total. The molecule has 108 valence electrons. The Hall–Kier alpha value is -1.31. The highest BCUT2D eigenvalue weighted by Gasteiger charge is 2.18. The van der Waals surface area contributed by atoms with Gasteiger partial charge in [-0.2, -0.15) is 5.10 Å². The first kappa shape index (κ1) is 15.1. The third kappa shape index (κ3) is 3.41. The van der Waals surface area contributed by atoms with E-state index in [-0.39, 0.29) is 22.3 Å². The van der Waals surface area contributed by atoms with Crippen molar-refractivity contribution in [1.29, 1.82) is 0 Å². The molecule has 0 bridgehead atoms. The van der Waals surface area contributed by atoms with Crippen LogP contribution >= 0.6 is 22.3 Å². The van der Waals surface area contributed by atoms with Gasteiger partial charge in [0.25, 0.3) is 9.05 Å². The second-order valence-electron chi connectivity index (χ2n) is 3.81. The van der Waals surface area contributed by atoms with E-state index >= 15 is 0 Å². The molecule has 1 aromatic carbocycles. The Kier molecular flexibility index (Phi) is 4.52. The summed E-state index contributed by atoms with van der Waals surface area (Å²) >= 11 is 5.77. The topological polar surface area (TPSA) is 74.1 Å². The molecule has 0 aliphatic carbocycles. The summed E-state index contributed by atoms with van der Waals surface area (Å²) < 4.78 is 30.1. The second kappa shape index (κ2) is 5.99. The first-order valence-electron chi connectivity index (χ1n) is 5.65. The number of benzene rings is 1.